The molecular formula is C38H41ClN4O4. The topological polar surface area (TPSA) is 102 Å². The van der Waals surface area contributed by atoms with Crippen LogP contribution in [0, 0.1) is 5.92 Å². The lowest BCUT2D eigenvalue weighted by molar-refractivity contribution is -0.119. The fourth-order valence-corrected chi connectivity index (χ4v) is 6.97. The van der Waals surface area contributed by atoms with E-state index in [1.807, 2.05) is 54.6 Å². The maximum absolute atomic E-state index is 11.6. The number of Topliss-reactive ketones (excluding diaryl/α,β-unsaturated/α-hetero) is 1. The predicted octanol–water partition coefficient (Wildman–Crippen LogP) is 7.21. The third-order valence-electron chi connectivity index (χ3n) is 9.19. The molecule has 0 unspecified atom stereocenters. The van der Waals surface area contributed by atoms with Crippen LogP contribution in [-0.4, -0.2) is 48.5 Å². The number of ketones is 1. The van der Waals surface area contributed by atoms with Gasteiger partial charge in [-0.3, -0.25) is 9.59 Å². The van der Waals surface area contributed by atoms with Gasteiger partial charge in [0.2, 0.25) is 17.7 Å². The number of aryl methyl sites for hydroxylation is 1. The van der Waals surface area contributed by atoms with Gasteiger partial charge in [0, 0.05) is 59.7 Å². The molecule has 1 aliphatic heterocycles. The molecule has 4 aromatic rings. The van der Waals surface area contributed by atoms with E-state index >= 15 is 0 Å². The number of carbonyl (C=O) groups excluding carboxylic acids is 2. The number of rotatable bonds is 13. The lowest BCUT2D eigenvalue weighted by Gasteiger charge is -2.15. The Bertz CT molecular complexity index is 1760. The number of nitrogens with one attached hydrogen (secondary N) is 2. The molecule has 2 atom stereocenters. The molecule has 2 N–H and O–H groups in total. The van der Waals surface area contributed by atoms with Gasteiger partial charge in [0.05, 0.1) is 30.6 Å². The van der Waals surface area contributed by atoms with Crippen LogP contribution in [0.2, 0.25) is 5.02 Å². The number of hydrogen-bond donors (Lipinski definition) is 2. The van der Waals surface area contributed by atoms with Crippen molar-refractivity contribution in [3.8, 4) is 45.4 Å². The minimum absolute atomic E-state index is 0.148. The normalized spacial score (nSPS) is 17.6. The summed E-state index contributed by atoms with van der Waals surface area (Å²) in [6.07, 6.45) is 6.57. The SMILES string of the molecule is COc1nc(-c2cccc(-c3cccc(-c4ccc(CCC[C@@H]5CCC(=O)N5)c(OC)n4)c3Cl)c2)ccc1CNC[C@@H]1CCC(=O)C1. The second kappa shape index (κ2) is 15.1. The van der Waals surface area contributed by atoms with Crippen molar-refractivity contribution in [3.05, 3.63) is 82.9 Å². The third kappa shape index (κ3) is 7.83. The summed E-state index contributed by atoms with van der Waals surface area (Å²) in [5, 5.41) is 7.12. The molecule has 1 amide bonds. The van der Waals surface area contributed by atoms with Gasteiger partial charge in [-0.25, -0.2) is 9.97 Å². The number of pyridine rings is 2. The smallest absolute Gasteiger partial charge is 0.220 e. The van der Waals surface area contributed by atoms with Crippen molar-refractivity contribution in [2.45, 2.75) is 64.0 Å². The van der Waals surface area contributed by atoms with E-state index in [9.17, 15) is 9.59 Å². The molecule has 6 rings (SSSR count). The van der Waals surface area contributed by atoms with Gasteiger partial charge in [-0.2, -0.15) is 0 Å². The summed E-state index contributed by atoms with van der Waals surface area (Å²) in [5.74, 6) is 2.09. The van der Waals surface area contributed by atoms with Gasteiger partial charge >= 0.3 is 0 Å². The third-order valence-corrected chi connectivity index (χ3v) is 9.60. The standard InChI is InChI=1S/C38H41ClN4O4/c1-46-37-25(6-4-9-29-15-19-35(45)41-29)13-18-34(43-37)32-11-5-10-31(36(32)39)26-7-3-8-27(21-26)33-17-14-28(38(42-33)47-2)23-40-22-24-12-16-30(44)20-24/h3,5,7-8,10-11,13-14,17-18,21,24,29,40H,4,6,9,12,15-16,19-20,22-23H2,1-2H3,(H,41,45)/t24-,29-/m1/s1. The summed E-state index contributed by atoms with van der Waals surface area (Å²) in [5.41, 5.74) is 7.20. The summed E-state index contributed by atoms with van der Waals surface area (Å²) in [6, 6.07) is 22.5. The van der Waals surface area contributed by atoms with E-state index in [4.69, 9.17) is 31.0 Å². The number of ether oxygens (including phenoxy) is 2. The molecule has 244 valence electrons. The number of carbonyl (C=O) groups is 2. The van der Waals surface area contributed by atoms with E-state index in [2.05, 4.69) is 22.8 Å². The number of nitrogens with zero attached hydrogens (tertiary/aromatic N) is 2. The number of benzene rings is 2. The van der Waals surface area contributed by atoms with Crippen LogP contribution < -0.4 is 20.1 Å². The molecule has 0 spiro atoms. The zero-order valence-corrected chi connectivity index (χ0v) is 27.7. The first kappa shape index (κ1) is 32.7. The van der Waals surface area contributed by atoms with Crippen LogP contribution in [0.5, 0.6) is 11.8 Å². The molecule has 2 aliphatic rings. The Morgan fingerprint density at radius 2 is 1.57 bits per heavy atom. The highest BCUT2D eigenvalue weighted by Gasteiger charge is 2.22. The van der Waals surface area contributed by atoms with E-state index in [1.54, 1.807) is 14.2 Å². The van der Waals surface area contributed by atoms with Crippen molar-refractivity contribution < 1.29 is 19.1 Å². The molecule has 2 aromatic heterocycles. The second-order valence-corrected chi connectivity index (χ2v) is 12.8. The average Bonchev–Trinajstić information content (AvgIpc) is 3.71. The molecular weight excluding hydrogens is 612 g/mol. The van der Waals surface area contributed by atoms with Gasteiger partial charge < -0.3 is 20.1 Å². The predicted molar refractivity (Wildman–Crippen MR) is 185 cm³/mol. The molecule has 1 saturated heterocycles. The van der Waals surface area contributed by atoms with E-state index in [0.29, 0.717) is 54.3 Å². The van der Waals surface area contributed by atoms with Crippen LogP contribution in [0.25, 0.3) is 33.6 Å². The van der Waals surface area contributed by atoms with Crippen molar-refractivity contribution in [1.82, 2.24) is 20.6 Å². The Labute approximate surface area is 281 Å². The van der Waals surface area contributed by atoms with Crippen LogP contribution in [0.15, 0.2) is 66.7 Å². The molecule has 9 heteroatoms. The maximum Gasteiger partial charge on any atom is 0.220 e. The van der Waals surface area contributed by atoms with Gasteiger partial charge in [0.1, 0.15) is 5.78 Å². The molecule has 0 radical (unpaired) electrons. The number of aromatic nitrogens is 2. The van der Waals surface area contributed by atoms with Gasteiger partial charge in [-0.1, -0.05) is 60.1 Å². The number of halogens is 1. The Balaban J connectivity index is 1.17. The summed E-state index contributed by atoms with van der Waals surface area (Å²) < 4.78 is 11.3. The molecule has 1 aliphatic carbocycles. The molecule has 2 fully saturated rings. The van der Waals surface area contributed by atoms with Gasteiger partial charge in [0.15, 0.2) is 0 Å². The average molecular weight is 653 g/mol. The quantitative estimate of drug-likeness (QED) is 0.157. The summed E-state index contributed by atoms with van der Waals surface area (Å²) in [7, 11) is 3.28. The maximum atomic E-state index is 11.6. The Hall–Kier alpha value is -4.27. The van der Waals surface area contributed by atoms with Crippen molar-refractivity contribution in [2.75, 3.05) is 20.8 Å². The van der Waals surface area contributed by atoms with Crippen molar-refractivity contribution in [3.63, 3.8) is 0 Å². The fraction of sp³-hybridized carbons (Fsp3) is 0.368. The highest BCUT2D eigenvalue weighted by molar-refractivity contribution is 6.36. The minimum Gasteiger partial charge on any atom is -0.481 e. The monoisotopic (exact) mass is 652 g/mol. The lowest BCUT2D eigenvalue weighted by Crippen LogP contribution is -2.25. The molecule has 0 bridgehead atoms. The van der Waals surface area contributed by atoms with Crippen molar-refractivity contribution >= 4 is 23.3 Å². The molecule has 3 heterocycles. The Morgan fingerprint density at radius 3 is 2.34 bits per heavy atom. The Morgan fingerprint density at radius 1 is 0.851 bits per heavy atom. The van der Waals surface area contributed by atoms with E-state index in [-0.39, 0.29) is 11.9 Å². The summed E-state index contributed by atoms with van der Waals surface area (Å²) >= 11 is 7.08. The Kier molecular flexibility index (Phi) is 10.5. The lowest BCUT2D eigenvalue weighted by atomic mass is 9.98. The van der Waals surface area contributed by atoms with E-state index < -0.39 is 0 Å². The fourth-order valence-electron chi connectivity index (χ4n) is 6.64. The summed E-state index contributed by atoms with van der Waals surface area (Å²) in [4.78, 5) is 32.8. The van der Waals surface area contributed by atoms with Gasteiger partial charge in [-0.05, 0) is 68.3 Å². The first-order valence-corrected chi connectivity index (χ1v) is 16.8. The van der Waals surface area contributed by atoms with Crippen molar-refractivity contribution in [2.24, 2.45) is 5.92 Å². The zero-order chi connectivity index (χ0) is 32.8. The highest BCUT2D eigenvalue weighted by atomic mass is 35.5. The molecule has 1 saturated carbocycles. The van der Waals surface area contributed by atoms with Crippen LogP contribution in [0.3, 0.4) is 0 Å². The molecule has 2 aromatic carbocycles. The van der Waals surface area contributed by atoms with E-state index in [0.717, 1.165) is 83.4 Å². The largest absolute Gasteiger partial charge is 0.481 e. The number of methoxy groups -OCH3 is 2. The first-order valence-electron chi connectivity index (χ1n) is 16.4. The van der Waals surface area contributed by atoms with Crippen LogP contribution in [0.4, 0.5) is 0 Å². The van der Waals surface area contributed by atoms with Crippen molar-refractivity contribution in [1.29, 1.82) is 0 Å². The minimum atomic E-state index is 0.148. The summed E-state index contributed by atoms with van der Waals surface area (Å²) in [6.45, 7) is 1.44. The van der Waals surface area contributed by atoms with E-state index in [1.165, 1.54) is 0 Å². The number of amides is 1. The first-order chi connectivity index (χ1) is 22.9. The molecule has 47 heavy (non-hydrogen) atoms. The molecule has 8 nitrogen and oxygen atoms in total. The van der Waals surface area contributed by atoms with Gasteiger partial charge in [0.25, 0.3) is 0 Å². The van der Waals surface area contributed by atoms with Crippen LogP contribution in [0.1, 0.15) is 56.1 Å². The number of hydrogen-bond acceptors (Lipinski definition) is 7. The zero-order valence-electron chi connectivity index (χ0n) is 27.0. The highest BCUT2D eigenvalue weighted by Crippen LogP contribution is 2.38. The van der Waals surface area contributed by atoms with Crippen LogP contribution >= 0.6 is 11.6 Å². The van der Waals surface area contributed by atoms with Gasteiger partial charge in [-0.15, -0.1) is 0 Å². The second-order valence-electron chi connectivity index (χ2n) is 12.5. The van der Waals surface area contributed by atoms with Crippen LogP contribution in [-0.2, 0) is 22.6 Å².